The van der Waals surface area contributed by atoms with Crippen molar-refractivity contribution in [2.45, 2.75) is 27.7 Å². The second-order valence-electron chi connectivity index (χ2n) is 6.28. The van der Waals surface area contributed by atoms with Crippen molar-refractivity contribution in [3.63, 3.8) is 0 Å². The van der Waals surface area contributed by atoms with E-state index in [1.165, 1.54) is 0 Å². The summed E-state index contributed by atoms with van der Waals surface area (Å²) in [6.07, 6.45) is 0. The van der Waals surface area contributed by atoms with Crippen LogP contribution in [0.4, 0.5) is 11.6 Å². The maximum atomic E-state index is 12.0. The number of aromatic nitrogens is 1. The van der Waals surface area contributed by atoms with Crippen LogP contribution in [0.25, 0.3) is 11.1 Å². The lowest BCUT2D eigenvalue weighted by Gasteiger charge is -2.13. The van der Waals surface area contributed by atoms with Gasteiger partial charge in [-0.1, -0.05) is 58.0 Å². The van der Waals surface area contributed by atoms with Crippen LogP contribution in [0, 0.1) is 11.8 Å². The lowest BCUT2D eigenvalue weighted by molar-refractivity contribution is -0.119. The molecule has 0 bridgehead atoms. The van der Waals surface area contributed by atoms with E-state index in [0.29, 0.717) is 11.6 Å². The van der Waals surface area contributed by atoms with Crippen molar-refractivity contribution in [1.29, 1.82) is 0 Å². The smallest absolute Gasteiger partial charge is 0.228 e. The van der Waals surface area contributed by atoms with Crippen LogP contribution in [0.1, 0.15) is 27.7 Å². The Morgan fingerprint density at radius 3 is 1.67 bits per heavy atom. The Kier molecular flexibility index (Phi) is 5.68. The summed E-state index contributed by atoms with van der Waals surface area (Å²) in [6, 6.07) is 13.4. The molecule has 0 radical (unpaired) electrons. The highest BCUT2D eigenvalue weighted by Crippen LogP contribution is 2.25. The van der Waals surface area contributed by atoms with E-state index in [1.807, 2.05) is 58.0 Å². The predicted octanol–water partition coefficient (Wildman–Crippen LogP) is 3.94. The molecular formula is C19H23N3O2. The molecule has 1 heterocycles. The average molecular weight is 325 g/mol. The molecule has 0 spiro atoms. The van der Waals surface area contributed by atoms with Crippen LogP contribution in [0.15, 0.2) is 42.5 Å². The van der Waals surface area contributed by atoms with Crippen molar-refractivity contribution < 1.29 is 9.59 Å². The third-order valence-corrected chi connectivity index (χ3v) is 3.48. The minimum Gasteiger partial charge on any atom is -0.310 e. The van der Waals surface area contributed by atoms with Crippen molar-refractivity contribution in [3.05, 3.63) is 42.5 Å². The fourth-order valence-electron chi connectivity index (χ4n) is 2.00. The molecule has 1 aromatic heterocycles. The SMILES string of the molecule is CC(C)C(=O)Nc1cc(-c2ccccc2)cc(NC(=O)C(C)C)n1. The molecule has 0 unspecified atom stereocenters. The van der Waals surface area contributed by atoms with Gasteiger partial charge in [0.2, 0.25) is 11.8 Å². The predicted molar refractivity (Wildman–Crippen MR) is 96.6 cm³/mol. The largest absolute Gasteiger partial charge is 0.310 e. The minimum absolute atomic E-state index is 0.117. The van der Waals surface area contributed by atoms with E-state index in [4.69, 9.17) is 0 Å². The standard InChI is InChI=1S/C19H23N3O2/c1-12(2)18(23)21-16-10-15(14-8-6-5-7-9-14)11-17(20-16)22-19(24)13(3)4/h5-13H,1-4H3,(H2,20,21,22,23,24). The second-order valence-corrected chi connectivity index (χ2v) is 6.28. The van der Waals surface area contributed by atoms with Crippen LogP contribution >= 0.6 is 0 Å². The molecule has 0 atom stereocenters. The fourth-order valence-corrected chi connectivity index (χ4v) is 2.00. The third-order valence-electron chi connectivity index (χ3n) is 3.48. The molecule has 0 aliphatic heterocycles. The number of carbonyl (C=O) groups excluding carboxylic acids is 2. The highest BCUT2D eigenvalue weighted by molar-refractivity contribution is 5.94. The van der Waals surface area contributed by atoms with Gasteiger partial charge in [0.1, 0.15) is 11.6 Å². The summed E-state index contributed by atoms with van der Waals surface area (Å²) in [4.78, 5) is 28.3. The first-order chi connectivity index (χ1) is 11.4. The number of rotatable bonds is 5. The van der Waals surface area contributed by atoms with E-state index in [2.05, 4.69) is 15.6 Å². The maximum absolute atomic E-state index is 12.0. The van der Waals surface area contributed by atoms with Crippen LogP contribution in [0.5, 0.6) is 0 Å². The topological polar surface area (TPSA) is 71.1 Å². The van der Waals surface area contributed by atoms with Gasteiger partial charge in [-0.25, -0.2) is 4.98 Å². The number of anilines is 2. The summed E-state index contributed by atoms with van der Waals surface area (Å²) < 4.78 is 0. The molecule has 5 heteroatoms. The van der Waals surface area contributed by atoms with Gasteiger partial charge in [0.25, 0.3) is 0 Å². The Bertz CT molecular complexity index is 684. The molecule has 0 aliphatic carbocycles. The number of nitrogens with zero attached hydrogens (tertiary/aromatic N) is 1. The number of benzene rings is 1. The zero-order valence-corrected chi connectivity index (χ0v) is 14.5. The highest BCUT2D eigenvalue weighted by Gasteiger charge is 2.13. The van der Waals surface area contributed by atoms with Gasteiger partial charge >= 0.3 is 0 Å². The Hall–Kier alpha value is -2.69. The summed E-state index contributed by atoms with van der Waals surface area (Å²) in [6.45, 7) is 7.27. The molecule has 24 heavy (non-hydrogen) atoms. The first kappa shape index (κ1) is 17.7. The van der Waals surface area contributed by atoms with Crippen molar-refractivity contribution in [2.24, 2.45) is 11.8 Å². The zero-order chi connectivity index (χ0) is 17.7. The van der Waals surface area contributed by atoms with E-state index in [1.54, 1.807) is 12.1 Å². The van der Waals surface area contributed by atoms with Crippen LogP contribution < -0.4 is 10.6 Å². The quantitative estimate of drug-likeness (QED) is 0.874. The van der Waals surface area contributed by atoms with Crippen molar-refractivity contribution in [2.75, 3.05) is 10.6 Å². The molecule has 0 saturated heterocycles. The number of hydrogen-bond donors (Lipinski definition) is 2. The van der Waals surface area contributed by atoms with Gasteiger partial charge in [0.05, 0.1) is 0 Å². The normalized spacial score (nSPS) is 10.8. The fraction of sp³-hybridized carbons (Fsp3) is 0.316. The molecule has 2 rings (SSSR count). The monoisotopic (exact) mass is 325 g/mol. The van der Waals surface area contributed by atoms with Crippen LogP contribution in [-0.4, -0.2) is 16.8 Å². The number of amides is 2. The molecule has 2 aromatic rings. The lowest BCUT2D eigenvalue weighted by Crippen LogP contribution is -2.21. The highest BCUT2D eigenvalue weighted by atomic mass is 16.2. The molecule has 126 valence electrons. The molecule has 2 amide bonds. The lowest BCUT2D eigenvalue weighted by atomic mass is 10.1. The van der Waals surface area contributed by atoms with Crippen LogP contribution in [0.3, 0.4) is 0 Å². The summed E-state index contributed by atoms with van der Waals surface area (Å²) in [5, 5.41) is 5.59. The molecular weight excluding hydrogens is 302 g/mol. The summed E-state index contributed by atoms with van der Waals surface area (Å²) >= 11 is 0. The van der Waals surface area contributed by atoms with Crippen molar-refractivity contribution in [3.8, 4) is 11.1 Å². The Balaban J connectivity index is 2.39. The first-order valence-electron chi connectivity index (χ1n) is 8.06. The van der Waals surface area contributed by atoms with E-state index in [0.717, 1.165) is 11.1 Å². The summed E-state index contributed by atoms with van der Waals surface area (Å²) in [5.74, 6) is 0.313. The summed E-state index contributed by atoms with van der Waals surface area (Å²) in [5.41, 5.74) is 1.86. The van der Waals surface area contributed by atoms with E-state index in [-0.39, 0.29) is 23.7 Å². The first-order valence-corrected chi connectivity index (χ1v) is 8.06. The summed E-state index contributed by atoms with van der Waals surface area (Å²) in [7, 11) is 0. The van der Waals surface area contributed by atoms with Gasteiger partial charge < -0.3 is 10.6 Å². The van der Waals surface area contributed by atoms with Gasteiger partial charge in [-0.3, -0.25) is 9.59 Å². The molecule has 2 N–H and O–H groups in total. The molecule has 5 nitrogen and oxygen atoms in total. The number of carbonyl (C=O) groups is 2. The third kappa shape index (κ3) is 4.65. The van der Waals surface area contributed by atoms with Crippen molar-refractivity contribution in [1.82, 2.24) is 4.98 Å². The van der Waals surface area contributed by atoms with Gasteiger partial charge in [0, 0.05) is 11.8 Å². The van der Waals surface area contributed by atoms with E-state index >= 15 is 0 Å². The van der Waals surface area contributed by atoms with Gasteiger partial charge in [-0.05, 0) is 23.3 Å². The molecule has 0 fully saturated rings. The van der Waals surface area contributed by atoms with Gasteiger partial charge in [0.15, 0.2) is 0 Å². The number of hydrogen-bond acceptors (Lipinski definition) is 3. The van der Waals surface area contributed by atoms with E-state index < -0.39 is 0 Å². The van der Waals surface area contributed by atoms with E-state index in [9.17, 15) is 9.59 Å². The zero-order valence-electron chi connectivity index (χ0n) is 14.5. The molecule has 0 saturated carbocycles. The second kappa shape index (κ2) is 7.73. The Labute approximate surface area is 142 Å². The number of nitrogens with one attached hydrogen (secondary N) is 2. The van der Waals surface area contributed by atoms with Crippen LogP contribution in [0.2, 0.25) is 0 Å². The average Bonchev–Trinajstić information content (AvgIpc) is 2.55. The maximum Gasteiger partial charge on any atom is 0.228 e. The van der Waals surface area contributed by atoms with Gasteiger partial charge in [-0.2, -0.15) is 0 Å². The number of pyridine rings is 1. The Morgan fingerprint density at radius 2 is 1.25 bits per heavy atom. The van der Waals surface area contributed by atoms with Crippen LogP contribution in [-0.2, 0) is 9.59 Å². The molecule has 1 aromatic carbocycles. The molecule has 0 aliphatic rings. The van der Waals surface area contributed by atoms with Gasteiger partial charge in [-0.15, -0.1) is 0 Å². The minimum atomic E-state index is -0.152. The van der Waals surface area contributed by atoms with Crippen molar-refractivity contribution >= 4 is 23.5 Å². The Morgan fingerprint density at radius 1 is 0.792 bits per heavy atom.